The van der Waals surface area contributed by atoms with E-state index in [0.717, 1.165) is 0 Å². The second kappa shape index (κ2) is 5.16. The second-order valence-electron chi connectivity index (χ2n) is 3.22. The van der Waals surface area contributed by atoms with Crippen LogP contribution in [0.25, 0.3) is 0 Å². The van der Waals surface area contributed by atoms with Crippen LogP contribution in [-0.4, -0.2) is 42.5 Å². The summed E-state index contributed by atoms with van der Waals surface area (Å²) in [5, 5.41) is 14.7. The molecule has 0 saturated carbocycles. The lowest BCUT2D eigenvalue weighted by Gasteiger charge is -2.09. The quantitative estimate of drug-likeness (QED) is 0.689. The van der Waals surface area contributed by atoms with E-state index in [1.807, 2.05) is 6.92 Å². The third-order valence-corrected chi connectivity index (χ3v) is 2.61. The molecule has 0 aliphatic rings. The maximum absolute atomic E-state index is 10.9. The van der Waals surface area contributed by atoms with E-state index < -0.39 is 10.8 Å². The Morgan fingerprint density at radius 1 is 1.64 bits per heavy atom. The summed E-state index contributed by atoms with van der Waals surface area (Å²) < 4.78 is 10.9. The van der Waals surface area contributed by atoms with Crippen molar-refractivity contribution in [1.82, 2.24) is 25.5 Å². The van der Waals surface area contributed by atoms with Crippen molar-refractivity contribution in [2.75, 3.05) is 12.0 Å². The molecule has 14 heavy (non-hydrogen) atoms. The van der Waals surface area contributed by atoms with Gasteiger partial charge in [0.15, 0.2) is 5.82 Å². The highest BCUT2D eigenvalue weighted by Gasteiger charge is 2.05. The number of nitrogens with one attached hydrogen (secondary N) is 1. The molecule has 2 unspecified atom stereocenters. The van der Waals surface area contributed by atoms with Gasteiger partial charge < -0.3 is 5.32 Å². The Bertz CT molecular complexity index is 313. The Kier molecular flexibility index (Phi) is 4.15. The normalized spacial score (nSPS) is 15.4. The average Bonchev–Trinajstić information content (AvgIpc) is 2.47. The van der Waals surface area contributed by atoms with E-state index in [2.05, 4.69) is 20.7 Å². The van der Waals surface area contributed by atoms with Crippen LogP contribution in [0, 0.1) is 0 Å². The molecule has 1 aromatic heterocycles. The van der Waals surface area contributed by atoms with Gasteiger partial charge in [0.1, 0.15) is 0 Å². The van der Waals surface area contributed by atoms with E-state index in [1.165, 1.54) is 4.80 Å². The molecule has 0 bridgehead atoms. The molecule has 2 atom stereocenters. The molecular formula is C7H15N5OS. The number of nitrogens with zero attached hydrogens (tertiary/aromatic N) is 4. The molecule has 0 saturated heterocycles. The van der Waals surface area contributed by atoms with E-state index >= 15 is 0 Å². The van der Waals surface area contributed by atoms with Crippen LogP contribution in [0.4, 0.5) is 0 Å². The summed E-state index contributed by atoms with van der Waals surface area (Å²) in [4.78, 5) is 1.42. The minimum Gasteiger partial charge on any atom is -0.306 e. The molecule has 0 amide bonds. The lowest BCUT2D eigenvalue weighted by molar-refractivity contribution is 0.568. The lowest BCUT2D eigenvalue weighted by Crippen LogP contribution is -2.30. The van der Waals surface area contributed by atoms with Gasteiger partial charge in [-0.3, -0.25) is 4.21 Å². The van der Waals surface area contributed by atoms with Gasteiger partial charge in [-0.2, -0.15) is 4.80 Å². The SMILES string of the molecule is CC(CS(C)=O)NCc1nnn(C)n1. The van der Waals surface area contributed by atoms with E-state index in [9.17, 15) is 4.21 Å². The molecule has 6 nitrogen and oxygen atoms in total. The number of tetrazole rings is 1. The van der Waals surface area contributed by atoms with Crippen molar-refractivity contribution in [3.8, 4) is 0 Å². The smallest absolute Gasteiger partial charge is 0.188 e. The zero-order valence-corrected chi connectivity index (χ0v) is 9.41. The summed E-state index contributed by atoms with van der Waals surface area (Å²) in [6.45, 7) is 2.55. The monoisotopic (exact) mass is 217 g/mol. The van der Waals surface area contributed by atoms with Crippen LogP contribution in [0.5, 0.6) is 0 Å². The molecule has 1 heterocycles. The van der Waals surface area contributed by atoms with Crippen molar-refractivity contribution in [3.05, 3.63) is 5.82 Å². The molecule has 1 aromatic rings. The highest BCUT2D eigenvalue weighted by molar-refractivity contribution is 7.84. The highest BCUT2D eigenvalue weighted by Crippen LogP contribution is 1.89. The standard InChI is InChI=1S/C7H15N5OS/c1-6(5-14(3)13)8-4-7-9-11-12(2)10-7/h6,8H,4-5H2,1-3H3. The summed E-state index contributed by atoms with van der Waals surface area (Å²) in [5.74, 6) is 1.29. The Balaban J connectivity index is 2.30. The molecule has 7 heteroatoms. The van der Waals surface area contributed by atoms with Gasteiger partial charge in [-0.25, -0.2) is 0 Å². The fourth-order valence-electron chi connectivity index (χ4n) is 1.07. The van der Waals surface area contributed by atoms with E-state index in [1.54, 1.807) is 13.3 Å². The fraction of sp³-hybridized carbons (Fsp3) is 0.857. The second-order valence-corrected chi connectivity index (χ2v) is 4.70. The van der Waals surface area contributed by atoms with Crippen LogP contribution in [0.2, 0.25) is 0 Å². The molecule has 80 valence electrons. The Hall–Kier alpha value is -0.820. The van der Waals surface area contributed by atoms with Crippen LogP contribution in [0.15, 0.2) is 0 Å². The first-order valence-electron chi connectivity index (χ1n) is 4.34. The largest absolute Gasteiger partial charge is 0.306 e. The zero-order valence-electron chi connectivity index (χ0n) is 8.60. The lowest BCUT2D eigenvalue weighted by atomic mass is 10.4. The van der Waals surface area contributed by atoms with Crippen molar-refractivity contribution in [2.45, 2.75) is 19.5 Å². The summed E-state index contributed by atoms with van der Waals surface area (Å²) in [7, 11) is 0.951. The molecule has 1 N–H and O–H groups in total. The maximum atomic E-state index is 10.9. The summed E-state index contributed by atoms with van der Waals surface area (Å²) in [6.07, 6.45) is 1.69. The van der Waals surface area contributed by atoms with E-state index in [-0.39, 0.29) is 6.04 Å². The van der Waals surface area contributed by atoms with Crippen LogP contribution in [0.1, 0.15) is 12.7 Å². The van der Waals surface area contributed by atoms with Gasteiger partial charge in [0.05, 0.1) is 13.6 Å². The third-order valence-electron chi connectivity index (χ3n) is 1.64. The first kappa shape index (κ1) is 11.3. The number of rotatable bonds is 5. The van der Waals surface area contributed by atoms with Crippen molar-refractivity contribution >= 4 is 10.8 Å². The minimum atomic E-state index is -0.772. The van der Waals surface area contributed by atoms with Gasteiger partial charge in [0, 0.05) is 28.9 Å². The van der Waals surface area contributed by atoms with Gasteiger partial charge in [-0.1, -0.05) is 0 Å². The van der Waals surface area contributed by atoms with Crippen molar-refractivity contribution in [3.63, 3.8) is 0 Å². The van der Waals surface area contributed by atoms with Crippen LogP contribution < -0.4 is 5.32 Å². The molecule has 0 radical (unpaired) electrons. The average molecular weight is 217 g/mol. The first-order valence-corrected chi connectivity index (χ1v) is 6.07. The van der Waals surface area contributed by atoms with Gasteiger partial charge in [0.25, 0.3) is 0 Å². The summed E-state index contributed by atoms with van der Waals surface area (Å²) in [6, 6.07) is 0.199. The number of hydrogen-bond donors (Lipinski definition) is 1. The molecule has 1 rings (SSSR count). The van der Waals surface area contributed by atoms with Gasteiger partial charge >= 0.3 is 0 Å². The minimum absolute atomic E-state index is 0.199. The molecule has 0 aliphatic heterocycles. The van der Waals surface area contributed by atoms with Crippen molar-refractivity contribution in [1.29, 1.82) is 0 Å². The molecular weight excluding hydrogens is 202 g/mol. The van der Waals surface area contributed by atoms with E-state index in [4.69, 9.17) is 0 Å². The predicted molar refractivity (Wildman–Crippen MR) is 54.0 cm³/mol. The zero-order chi connectivity index (χ0) is 10.6. The topological polar surface area (TPSA) is 72.7 Å². The van der Waals surface area contributed by atoms with Crippen LogP contribution >= 0.6 is 0 Å². The number of aryl methyl sites for hydroxylation is 1. The molecule has 0 spiro atoms. The molecule has 0 fully saturated rings. The predicted octanol–water partition coefficient (Wildman–Crippen LogP) is -0.933. The first-order chi connectivity index (χ1) is 6.58. The molecule has 0 aromatic carbocycles. The van der Waals surface area contributed by atoms with Gasteiger partial charge in [0.2, 0.25) is 0 Å². The maximum Gasteiger partial charge on any atom is 0.188 e. The van der Waals surface area contributed by atoms with Crippen molar-refractivity contribution in [2.24, 2.45) is 7.05 Å². The Labute approximate surface area is 85.5 Å². The van der Waals surface area contributed by atoms with Crippen LogP contribution in [0.3, 0.4) is 0 Å². The fourth-order valence-corrected chi connectivity index (χ4v) is 1.89. The molecule has 0 aliphatic carbocycles. The Morgan fingerprint density at radius 2 is 2.36 bits per heavy atom. The summed E-state index contributed by atoms with van der Waals surface area (Å²) >= 11 is 0. The van der Waals surface area contributed by atoms with Gasteiger partial charge in [-0.05, 0) is 12.1 Å². The number of hydrogen-bond acceptors (Lipinski definition) is 5. The third kappa shape index (κ3) is 3.93. The van der Waals surface area contributed by atoms with Gasteiger partial charge in [-0.15, -0.1) is 10.2 Å². The van der Waals surface area contributed by atoms with Crippen LogP contribution in [-0.2, 0) is 24.4 Å². The number of aromatic nitrogens is 4. The van der Waals surface area contributed by atoms with Crippen molar-refractivity contribution < 1.29 is 4.21 Å². The highest BCUT2D eigenvalue weighted by atomic mass is 32.2. The van der Waals surface area contributed by atoms with E-state index in [0.29, 0.717) is 18.1 Å². The Morgan fingerprint density at radius 3 is 2.86 bits per heavy atom. The summed E-state index contributed by atoms with van der Waals surface area (Å²) in [5.41, 5.74) is 0.